The Balaban J connectivity index is -0.0000000900. The van der Waals surface area contributed by atoms with E-state index in [-0.39, 0.29) is 24.8 Å². The molecule has 0 amide bonds. The van der Waals surface area contributed by atoms with E-state index >= 15 is 0 Å². The van der Waals surface area contributed by atoms with E-state index in [2.05, 4.69) is 24.3 Å². The van der Waals surface area contributed by atoms with Crippen molar-refractivity contribution >= 4 is 0 Å². The number of allylic oxidation sites excluding steroid dienone is 4. The van der Waals surface area contributed by atoms with Crippen molar-refractivity contribution in [3.8, 4) is 0 Å². The van der Waals surface area contributed by atoms with Crippen LogP contribution in [0.4, 0.5) is 0 Å². The second kappa shape index (κ2) is 16.2. The van der Waals surface area contributed by atoms with Crippen LogP contribution in [0.3, 0.4) is 0 Å². The fraction of sp³-hybridized carbons (Fsp3) is 0.200. The first-order valence-electron chi connectivity index (χ1n) is 2.15. The van der Waals surface area contributed by atoms with Gasteiger partial charge < -0.3 is 24.8 Å². The number of hydrogen-bond acceptors (Lipinski definition) is 2. The molecule has 0 aliphatic heterocycles. The molecule has 0 atom stereocenters. The van der Waals surface area contributed by atoms with Gasteiger partial charge in [0.05, 0.1) is 0 Å². The van der Waals surface area contributed by atoms with Crippen LogP contribution in [-0.2, 0) is 25.3 Å². The van der Waals surface area contributed by atoms with Crippen molar-refractivity contribution in [3.05, 3.63) is 24.3 Å². The molecule has 0 saturated heterocycles. The molecule has 1 aliphatic rings. The standard InChI is InChI=1S/C5H6.2ClH.Mo.2O/c1-2-4-5-3-1;;;;;/h1-4H,5H2;2*1H;;;/q;;;+2;;/p-2. The molecular formula is C5H6Cl2MoO2. The maximum absolute atomic E-state index is 8.50. The summed E-state index contributed by atoms with van der Waals surface area (Å²) >= 11 is -2.03. The van der Waals surface area contributed by atoms with Gasteiger partial charge in [-0.15, -0.1) is 0 Å². The molecule has 0 radical (unpaired) electrons. The van der Waals surface area contributed by atoms with Gasteiger partial charge in [-0.1, -0.05) is 24.3 Å². The van der Waals surface area contributed by atoms with Gasteiger partial charge in [0.1, 0.15) is 0 Å². The van der Waals surface area contributed by atoms with Crippen LogP contribution in [-0.4, -0.2) is 0 Å². The van der Waals surface area contributed by atoms with Crippen molar-refractivity contribution < 1.29 is 50.1 Å². The Hall–Kier alpha value is 0.348. The Kier molecular flexibility index (Phi) is 27.1. The fourth-order valence-corrected chi connectivity index (χ4v) is 0.393. The van der Waals surface area contributed by atoms with E-state index in [0.29, 0.717) is 0 Å². The van der Waals surface area contributed by atoms with Crippen molar-refractivity contribution in [3.63, 3.8) is 0 Å². The van der Waals surface area contributed by atoms with Crippen molar-refractivity contribution in [2.75, 3.05) is 0 Å². The molecule has 1 rings (SSSR count). The molecule has 0 unspecified atom stereocenters. The van der Waals surface area contributed by atoms with Gasteiger partial charge in [-0.05, 0) is 6.42 Å². The van der Waals surface area contributed by atoms with Gasteiger partial charge in [0.2, 0.25) is 0 Å². The number of hydrogen-bond donors (Lipinski definition) is 0. The molecular weight excluding hydrogens is 259 g/mol. The molecule has 5 heteroatoms. The molecule has 0 heterocycles. The van der Waals surface area contributed by atoms with Crippen LogP contribution < -0.4 is 24.8 Å². The summed E-state index contributed by atoms with van der Waals surface area (Å²) in [4.78, 5) is 0. The summed E-state index contributed by atoms with van der Waals surface area (Å²) in [6.45, 7) is 0. The van der Waals surface area contributed by atoms with Gasteiger partial charge in [0.25, 0.3) is 0 Å². The van der Waals surface area contributed by atoms with Gasteiger partial charge in [-0.2, -0.15) is 0 Å². The summed E-state index contributed by atoms with van der Waals surface area (Å²) < 4.78 is 17.0. The van der Waals surface area contributed by atoms with E-state index in [1.807, 2.05) is 0 Å². The topological polar surface area (TPSA) is 34.1 Å². The normalized spacial score (nSPS) is 9.60. The molecule has 0 fully saturated rings. The third kappa shape index (κ3) is 15.8. The third-order valence-electron chi connectivity index (χ3n) is 0.655. The third-order valence-corrected chi connectivity index (χ3v) is 0.655. The molecule has 0 saturated carbocycles. The molecule has 2 nitrogen and oxygen atoms in total. The number of rotatable bonds is 0. The minimum atomic E-state index is -2.03. The molecule has 58 valence electrons. The maximum atomic E-state index is 8.50. The minimum absolute atomic E-state index is 0. The zero-order chi connectivity index (χ0) is 6.24. The van der Waals surface area contributed by atoms with Gasteiger partial charge >= 0.3 is 25.3 Å². The first kappa shape index (κ1) is 16.7. The van der Waals surface area contributed by atoms with Gasteiger partial charge in [-0.25, -0.2) is 0 Å². The van der Waals surface area contributed by atoms with E-state index in [4.69, 9.17) is 6.80 Å². The van der Waals surface area contributed by atoms with Crippen LogP contribution in [0.25, 0.3) is 0 Å². The Labute approximate surface area is 80.7 Å². The first-order valence-corrected chi connectivity index (χ1v) is 3.79. The SMILES string of the molecule is C1=CCC=C1.[Cl-].[Cl-].[O]=[Mo+2]=[O]. The van der Waals surface area contributed by atoms with Crippen LogP contribution in [0.1, 0.15) is 6.42 Å². The zero-order valence-electron chi connectivity index (χ0n) is 5.00. The summed E-state index contributed by atoms with van der Waals surface area (Å²) in [5.41, 5.74) is 0. The Morgan fingerprint density at radius 1 is 1.00 bits per heavy atom. The quantitative estimate of drug-likeness (QED) is 0.412. The molecule has 0 spiro atoms. The van der Waals surface area contributed by atoms with Crippen molar-refractivity contribution in [1.29, 1.82) is 0 Å². The Morgan fingerprint density at radius 3 is 1.40 bits per heavy atom. The molecule has 0 aromatic carbocycles. The molecule has 10 heavy (non-hydrogen) atoms. The van der Waals surface area contributed by atoms with E-state index in [9.17, 15) is 0 Å². The summed E-state index contributed by atoms with van der Waals surface area (Å²) in [7, 11) is 0. The average Bonchev–Trinajstić information content (AvgIpc) is 2.17. The summed E-state index contributed by atoms with van der Waals surface area (Å²) in [5.74, 6) is 0. The summed E-state index contributed by atoms with van der Waals surface area (Å²) in [6.07, 6.45) is 9.50. The molecule has 0 bridgehead atoms. The van der Waals surface area contributed by atoms with Crippen molar-refractivity contribution in [2.24, 2.45) is 0 Å². The monoisotopic (exact) mass is 266 g/mol. The summed E-state index contributed by atoms with van der Waals surface area (Å²) in [6, 6.07) is 0. The Bertz CT molecular complexity index is 129. The van der Waals surface area contributed by atoms with Crippen LogP contribution in [0.2, 0.25) is 0 Å². The Morgan fingerprint density at radius 2 is 1.30 bits per heavy atom. The number of halogens is 2. The van der Waals surface area contributed by atoms with E-state index in [1.165, 1.54) is 0 Å². The summed E-state index contributed by atoms with van der Waals surface area (Å²) in [5, 5.41) is 0. The van der Waals surface area contributed by atoms with Crippen LogP contribution >= 0.6 is 0 Å². The van der Waals surface area contributed by atoms with Gasteiger partial charge in [-0.3, -0.25) is 0 Å². The molecule has 0 aromatic heterocycles. The second-order valence-electron chi connectivity index (χ2n) is 1.16. The fourth-order valence-electron chi connectivity index (χ4n) is 0.393. The van der Waals surface area contributed by atoms with E-state index < -0.39 is 18.5 Å². The average molecular weight is 265 g/mol. The van der Waals surface area contributed by atoms with Crippen LogP contribution in [0, 0.1) is 0 Å². The van der Waals surface area contributed by atoms with E-state index in [0.717, 1.165) is 6.42 Å². The predicted molar refractivity (Wildman–Crippen MR) is 24.3 cm³/mol. The van der Waals surface area contributed by atoms with Crippen LogP contribution in [0.15, 0.2) is 24.3 Å². The van der Waals surface area contributed by atoms with Gasteiger partial charge in [0.15, 0.2) is 0 Å². The second-order valence-corrected chi connectivity index (χ2v) is 1.49. The van der Waals surface area contributed by atoms with Crippen molar-refractivity contribution in [1.82, 2.24) is 0 Å². The molecule has 1 aliphatic carbocycles. The van der Waals surface area contributed by atoms with E-state index in [1.54, 1.807) is 0 Å². The molecule has 0 aromatic rings. The predicted octanol–water partition coefficient (Wildman–Crippen LogP) is -4.73. The first-order chi connectivity index (χ1) is 3.91. The zero-order valence-corrected chi connectivity index (χ0v) is 8.52. The van der Waals surface area contributed by atoms with Crippen molar-refractivity contribution in [2.45, 2.75) is 6.42 Å². The van der Waals surface area contributed by atoms with Gasteiger partial charge in [0, 0.05) is 0 Å². The van der Waals surface area contributed by atoms with Crippen LogP contribution in [0.5, 0.6) is 0 Å². The molecule has 0 N–H and O–H groups in total.